The van der Waals surface area contributed by atoms with E-state index in [0.717, 1.165) is 24.3 Å². The molecule has 0 aromatic heterocycles. The van der Waals surface area contributed by atoms with Gasteiger partial charge in [-0.3, -0.25) is 10.1 Å². The van der Waals surface area contributed by atoms with E-state index in [2.05, 4.69) is 0 Å². The van der Waals surface area contributed by atoms with E-state index in [1.54, 1.807) is 0 Å². The summed E-state index contributed by atoms with van der Waals surface area (Å²) in [5.74, 6) is -3.80. The molecular weight excluding hydrogens is 272 g/mol. The van der Waals surface area contributed by atoms with Crippen molar-refractivity contribution in [1.82, 2.24) is 0 Å². The van der Waals surface area contributed by atoms with Gasteiger partial charge in [-0.2, -0.15) is 0 Å². The zero-order valence-corrected chi connectivity index (χ0v) is 9.84. The molecule has 0 saturated carbocycles. The molecule has 1 N–H and O–H groups in total. The Kier molecular flexibility index (Phi) is 3.43. The number of carboxylic acid groups (broad SMARTS) is 1. The molecule has 0 fully saturated rings. The number of halogens is 2. The van der Waals surface area contributed by atoms with Crippen LogP contribution in [0.4, 0.5) is 14.5 Å². The number of carboxylic acids is 1. The fourth-order valence-corrected chi connectivity index (χ4v) is 1.77. The minimum atomic E-state index is -1.47. The average molecular weight is 279 g/mol. The number of rotatable bonds is 3. The zero-order valence-electron chi connectivity index (χ0n) is 9.84. The average Bonchev–Trinajstić information content (AvgIpc) is 2.41. The second kappa shape index (κ2) is 5.04. The molecule has 0 atom stereocenters. The van der Waals surface area contributed by atoms with E-state index >= 15 is 0 Å². The molecule has 2 rings (SSSR count). The van der Waals surface area contributed by atoms with Crippen molar-refractivity contribution in [2.24, 2.45) is 0 Å². The van der Waals surface area contributed by atoms with Crippen LogP contribution < -0.4 is 0 Å². The molecule has 0 saturated heterocycles. The molecule has 0 unspecified atom stereocenters. The van der Waals surface area contributed by atoms with Gasteiger partial charge in [0.05, 0.1) is 10.5 Å². The molecule has 0 spiro atoms. The lowest BCUT2D eigenvalue weighted by Gasteiger charge is -2.07. The summed E-state index contributed by atoms with van der Waals surface area (Å²) < 4.78 is 26.9. The predicted octanol–water partition coefficient (Wildman–Crippen LogP) is 3.24. The van der Waals surface area contributed by atoms with Gasteiger partial charge >= 0.3 is 5.97 Å². The monoisotopic (exact) mass is 279 g/mol. The summed E-state index contributed by atoms with van der Waals surface area (Å²) in [7, 11) is 0. The van der Waals surface area contributed by atoms with Gasteiger partial charge in [-0.25, -0.2) is 13.6 Å². The molecule has 0 heterocycles. The van der Waals surface area contributed by atoms with E-state index in [-0.39, 0.29) is 11.1 Å². The number of aromatic carboxylic acids is 1. The van der Waals surface area contributed by atoms with E-state index in [1.165, 1.54) is 12.1 Å². The van der Waals surface area contributed by atoms with Crippen LogP contribution in [0.2, 0.25) is 0 Å². The van der Waals surface area contributed by atoms with Crippen molar-refractivity contribution in [3.05, 3.63) is 63.7 Å². The van der Waals surface area contributed by atoms with Crippen molar-refractivity contribution < 1.29 is 23.6 Å². The predicted molar refractivity (Wildman–Crippen MR) is 65.4 cm³/mol. The lowest BCUT2D eigenvalue weighted by Crippen LogP contribution is -2.02. The first-order chi connectivity index (χ1) is 9.41. The molecule has 5 nitrogen and oxygen atoms in total. The first-order valence-corrected chi connectivity index (χ1v) is 5.38. The van der Waals surface area contributed by atoms with Crippen LogP contribution in [0.25, 0.3) is 11.1 Å². The lowest BCUT2D eigenvalue weighted by atomic mass is 9.98. The van der Waals surface area contributed by atoms with E-state index in [9.17, 15) is 23.7 Å². The Morgan fingerprint density at radius 3 is 2.45 bits per heavy atom. The fourth-order valence-electron chi connectivity index (χ4n) is 1.77. The van der Waals surface area contributed by atoms with Crippen LogP contribution in [-0.4, -0.2) is 16.0 Å². The first kappa shape index (κ1) is 13.6. The Morgan fingerprint density at radius 2 is 1.85 bits per heavy atom. The van der Waals surface area contributed by atoms with Crippen LogP contribution in [0, 0.1) is 21.7 Å². The Balaban J connectivity index is 2.71. The maximum Gasteiger partial charge on any atom is 0.336 e. The Morgan fingerprint density at radius 1 is 1.15 bits per heavy atom. The van der Waals surface area contributed by atoms with Gasteiger partial charge in [0.15, 0.2) is 11.6 Å². The third-order valence-corrected chi connectivity index (χ3v) is 2.69. The Hall–Kier alpha value is -2.83. The number of nitro benzene ring substituents is 1. The smallest absolute Gasteiger partial charge is 0.336 e. The van der Waals surface area contributed by atoms with Crippen LogP contribution in [0.1, 0.15) is 10.4 Å². The zero-order chi connectivity index (χ0) is 14.9. The van der Waals surface area contributed by atoms with Crippen molar-refractivity contribution in [1.29, 1.82) is 0 Å². The van der Waals surface area contributed by atoms with Gasteiger partial charge in [0.1, 0.15) is 0 Å². The number of nitrogens with zero attached hydrogens (tertiary/aromatic N) is 1. The molecule has 0 radical (unpaired) electrons. The van der Waals surface area contributed by atoms with E-state index in [1.807, 2.05) is 0 Å². The topological polar surface area (TPSA) is 80.4 Å². The second-order valence-corrected chi connectivity index (χ2v) is 3.89. The minimum absolute atomic E-state index is 0.125. The maximum absolute atomic E-state index is 13.7. The van der Waals surface area contributed by atoms with Crippen LogP contribution in [0.15, 0.2) is 36.4 Å². The summed E-state index contributed by atoms with van der Waals surface area (Å²) in [6.45, 7) is 0. The molecule has 0 aliphatic carbocycles. The number of carbonyl (C=O) groups is 1. The van der Waals surface area contributed by atoms with E-state index in [4.69, 9.17) is 5.11 Å². The van der Waals surface area contributed by atoms with Crippen LogP contribution >= 0.6 is 0 Å². The SMILES string of the molecule is O=C(O)c1cc([N+](=O)[O-])ccc1-c1cccc(F)c1F. The summed E-state index contributed by atoms with van der Waals surface area (Å²) in [4.78, 5) is 21.0. The van der Waals surface area contributed by atoms with Crippen molar-refractivity contribution in [3.63, 3.8) is 0 Å². The highest BCUT2D eigenvalue weighted by atomic mass is 19.2. The molecule has 0 bridgehead atoms. The van der Waals surface area contributed by atoms with Gasteiger partial charge < -0.3 is 5.11 Å². The van der Waals surface area contributed by atoms with Crippen molar-refractivity contribution in [2.45, 2.75) is 0 Å². The van der Waals surface area contributed by atoms with Gasteiger partial charge in [0.25, 0.3) is 5.69 Å². The maximum atomic E-state index is 13.7. The highest BCUT2D eigenvalue weighted by Crippen LogP contribution is 2.30. The highest BCUT2D eigenvalue weighted by Gasteiger charge is 2.20. The molecule has 102 valence electrons. The quantitative estimate of drug-likeness (QED) is 0.690. The summed E-state index contributed by atoms with van der Waals surface area (Å²) in [6.07, 6.45) is 0. The highest BCUT2D eigenvalue weighted by molar-refractivity contribution is 5.96. The molecule has 0 amide bonds. The first-order valence-electron chi connectivity index (χ1n) is 5.38. The van der Waals surface area contributed by atoms with E-state index < -0.39 is 33.8 Å². The summed E-state index contributed by atoms with van der Waals surface area (Å²) in [5, 5.41) is 19.7. The van der Waals surface area contributed by atoms with Crippen LogP contribution in [-0.2, 0) is 0 Å². The number of hydrogen-bond acceptors (Lipinski definition) is 3. The largest absolute Gasteiger partial charge is 0.478 e. The minimum Gasteiger partial charge on any atom is -0.478 e. The van der Waals surface area contributed by atoms with Crippen molar-refractivity contribution in [2.75, 3.05) is 0 Å². The summed E-state index contributed by atoms with van der Waals surface area (Å²) in [5.41, 5.74) is -1.30. The molecule has 7 heteroatoms. The third-order valence-electron chi connectivity index (χ3n) is 2.69. The normalized spacial score (nSPS) is 10.3. The molecule has 0 aliphatic rings. The standard InChI is InChI=1S/C13H7F2NO4/c14-11-3-1-2-9(12(11)15)8-5-4-7(16(19)20)6-10(8)13(17)18/h1-6H,(H,17,18). The number of non-ortho nitro benzene ring substituents is 1. The number of benzene rings is 2. The molecule has 2 aromatic rings. The second-order valence-electron chi connectivity index (χ2n) is 3.89. The van der Waals surface area contributed by atoms with Crippen molar-refractivity contribution >= 4 is 11.7 Å². The van der Waals surface area contributed by atoms with Gasteiger partial charge in [-0.05, 0) is 17.7 Å². The summed E-state index contributed by atoms with van der Waals surface area (Å²) >= 11 is 0. The lowest BCUT2D eigenvalue weighted by molar-refractivity contribution is -0.384. The van der Waals surface area contributed by atoms with Crippen LogP contribution in [0.5, 0.6) is 0 Å². The third kappa shape index (κ3) is 2.33. The molecule has 20 heavy (non-hydrogen) atoms. The summed E-state index contributed by atoms with van der Waals surface area (Å²) in [6, 6.07) is 6.24. The van der Waals surface area contributed by atoms with Gasteiger partial charge in [0, 0.05) is 17.7 Å². The number of nitro groups is 1. The van der Waals surface area contributed by atoms with Crippen LogP contribution in [0.3, 0.4) is 0 Å². The van der Waals surface area contributed by atoms with E-state index in [0.29, 0.717) is 0 Å². The van der Waals surface area contributed by atoms with Gasteiger partial charge in [0.2, 0.25) is 0 Å². The molecular formula is C13H7F2NO4. The Labute approximate surface area is 111 Å². The van der Waals surface area contributed by atoms with Crippen molar-refractivity contribution in [3.8, 4) is 11.1 Å². The molecule has 0 aliphatic heterocycles. The molecule has 2 aromatic carbocycles. The van der Waals surface area contributed by atoms with Gasteiger partial charge in [-0.1, -0.05) is 12.1 Å². The fraction of sp³-hybridized carbons (Fsp3) is 0. The number of hydrogen-bond donors (Lipinski definition) is 1. The Bertz CT molecular complexity index is 716. The van der Waals surface area contributed by atoms with Gasteiger partial charge in [-0.15, -0.1) is 0 Å².